The number of nitrogens with zero attached hydrogens (tertiary/aromatic N) is 2. The minimum atomic E-state index is -0.198. The number of benzene rings is 1. The van der Waals surface area contributed by atoms with Crippen LogP contribution in [0.2, 0.25) is 0 Å². The van der Waals surface area contributed by atoms with Crippen LogP contribution < -0.4 is 10.6 Å². The number of amides is 2. The van der Waals surface area contributed by atoms with E-state index < -0.39 is 0 Å². The Labute approximate surface area is 180 Å². The van der Waals surface area contributed by atoms with Crippen LogP contribution in [0, 0.1) is 0 Å². The molecule has 0 spiro atoms. The van der Waals surface area contributed by atoms with Crippen molar-refractivity contribution in [3.8, 4) is 11.5 Å². The van der Waals surface area contributed by atoms with Gasteiger partial charge in [-0.25, -0.2) is 4.98 Å². The van der Waals surface area contributed by atoms with E-state index in [-0.39, 0.29) is 11.8 Å². The molecule has 0 fully saturated rings. The SMILES string of the molecule is CCN(CC)Cc1ccc(C(=O)Nc2nc(-c3ccc(CNC(C)=O)o3)cs2)cc1. The Bertz CT molecular complexity index is 990. The molecule has 158 valence electrons. The first kappa shape index (κ1) is 21.7. The van der Waals surface area contributed by atoms with Crippen LogP contribution in [0.3, 0.4) is 0 Å². The molecule has 0 radical (unpaired) electrons. The molecule has 0 unspecified atom stereocenters. The molecule has 1 aromatic carbocycles. The van der Waals surface area contributed by atoms with Crippen molar-refractivity contribution in [1.29, 1.82) is 0 Å². The molecule has 2 heterocycles. The van der Waals surface area contributed by atoms with Crippen LogP contribution in [0.4, 0.5) is 5.13 Å². The maximum Gasteiger partial charge on any atom is 0.257 e. The van der Waals surface area contributed by atoms with Crippen molar-refractivity contribution >= 4 is 28.3 Å². The molecule has 2 aromatic heterocycles. The Hall–Kier alpha value is -2.97. The molecule has 0 saturated carbocycles. The summed E-state index contributed by atoms with van der Waals surface area (Å²) in [5, 5.41) is 7.85. The zero-order valence-corrected chi connectivity index (χ0v) is 18.2. The molecule has 3 aromatic rings. The van der Waals surface area contributed by atoms with E-state index in [4.69, 9.17) is 4.42 Å². The van der Waals surface area contributed by atoms with Crippen LogP contribution in [0.5, 0.6) is 0 Å². The van der Waals surface area contributed by atoms with Gasteiger partial charge in [0.15, 0.2) is 10.9 Å². The van der Waals surface area contributed by atoms with Crippen molar-refractivity contribution in [2.75, 3.05) is 18.4 Å². The topological polar surface area (TPSA) is 87.5 Å². The highest BCUT2D eigenvalue weighted by molar-refractivity contribution is 7.14. The average Bonchev–Trinajstić information content (AvgIpc) is 3.40. The van der Waals surface area contributed by atoms with Crippen LogP contribution in [0.1, 0.15) is 42.5 Å². The average molecular weight is 427 g/mol. The third kappa shape index (κ3) is 5.77. The predicted octanol–water partition coefficient (Wildman–Crippen LogP) is 4.13. The van der Waals surface area contributed by atoms with Crippen LogP contribution in [-0.4, -0.2) is 34.8 Å². The Morgan fingerprint density at radius 2 is 1.83 bits per heavy atom. The van der Waals surface area contributed by atoms with Gasteiger partial charge >= 0.3 is 0 Å². The van der Waals surface area contributed by atoms with Crippen LogP contribution in [-0.2, 0) is 17.9 Å². The summed E-state index contributed by atoms with van der Waals surface area (Å²) in [7, 11) is 0. The first-order valence-electron chi connectivity index (χ1n) is 9.90. The second-order valence-corrected chi connectivity index (χ2v) is 7.68. The number of nitrogens with one attached hydrogen (secondary N) is 2. The van der Waals surface area contributed by atoms with E-state index in [1.807, 2.05) is 29.6 Å². The van der Waals surface area contributed by atoms with Crippen LogP contribution in [0.25, 0.3) is 11.5 Å². The van der Waals surface area contributed by atoms with Gasteiger partial charge in [0.25, 0.3) is 5.91 Å². The van der Waals surface area contributed by atoms with Crippen molar-refractivity contribution in [3.05, 3.63) is 58.7 Å². The van der Waals surface area contributed by atoms with E-state index in [2.05, 4.69) is 34.4 Å². The molecule has 0 aliphatic heterocycles. The maximum atomic E-state index is 12.5. The van der Waals surface area contributed by atoms with Gasteiger partial charge in [-0.15, -0.1) is 11.3 Å². The number of anilines is 1. The number of carbonyl (C=O) groups is 2. The number of rotatable bonds is 9. The lowest BCUT2D eigenvalue weighted by atomic mass is 10.1. The summed E-state index contributed by atoms with van der Waals surface area (Å²) in [4.78, 5) is 30.3. The molecule has 0 atom stereocenters. The lowest BCUT2D eigenvalue weighted by Gasteiger charge is -2.17. The zero-order valence-electron chi connectivity index (χ0n) is 17.4. The first-order valence-corrected chi connectivity index (χ1v) is 10.8. The van der Waals surface area contributed by atoms with Gasteiger partial charge in [0.2, 0.25) is 5.91 Å². The summed E-state index contributed by atoms with van der Waals surface area (Å²) >= 11 is 1.33. The normalized spacial score (nSPS) is 10.9. The Morgan fingerprint density at radius 1 is 1.10 bits per heavy atom. The van der Waals surface area contributed by atoms with Crippen LogP contribution in [0.15, 0.2) is 46.2 Å². The maximum absolute atomic E-state index is 12.5. The number of carbonyl (C=O) groups excluding carboxylic acids is 2. The fraction of sp³-hybridized carbons (Fsp3) is 0.318. The lowest BCUT2D eigenvalue weighted by Crippen LogP contribution is -2.22. The molecule has 30 heavy (non-hydrogen) atoms. The van der Waals surface area contributed by atoms with E-state index in [9.17, 15) is 9.59 Å². The molecule has 0 aliphatic rings. The van der Waals surface area contributed by atoms with Crippen molar-refractivity contribution in [2.24, 2.45) is 0 Å². The lowest BCUT2D eigenvalue weighted by molar-refractivity contribution is -0.119. The monoisotopic (exact) mass is 426 g/mol. The van der Waals surface area contributed by atoms with E-state index in [0.717, 1.165) is 19.6 Å². The molecule has 0 aliphatic carbocycles. The Kier molecular flexibility index (Phi) is 7.37. The number of thiazole rings is 1. The summed E-state index contributed by atoms with van der Waals surface area (Å²) in [5.74, 6) is 0.917. The highest BCUT2D eigenvalue weighted by Crippen LogP contribution is 2.27. The third-order valence-corrected chi connectivity index (χ3v) is 5.42. The van der Waals surface area contributed by atoms with Gasteiger partial charge in [-0.2, -0.15) is 0 Å². The molecule has 2 amide bonds. The summed E-state index contributed by atoms with van der Waals surface area (Å²) in [5.41, 5.74) is 2.41. The minimum absolute atomic E-state index is 0.118. The fourth-order valence-electron chi connectivity index (χ4n) is 2.90. The smallest absolute Gasteiger partial charge is 0.257 e. The molecule has 8 heteroatoms. The molecular weight excluding hydrogens is 400 g/mol. The number of hydrogen-bond donors (Lipinski definition) is 2. The van der Waals surface area contributed by atoms with E-state index >= 15 is 0 Å². The van der Waals surface area contributed by atoms with Crippen molar-refractivity contribution in [1.82, 2.24) is 15.2 Å². The molecule has 7 nitrogen and oxygen atoms in total. The van der Waals surface area contributed by atoms with Crippen LogP contribution >= 0.6 is 11.3 Å². The van der Waals surface area contributed by atoms with E-state index in [1.54, 1.807) is 12.1 Å². The first-order chi connectivity index (χ1) is 14.5. The molecule has 2 N–H and O–H groups in total. The summed E-state index contributed by atoms with van der Waals surface area (Å²) in [6.07, 6.45) is 0. The molecular formula is C22H26N4O3S. The van der Waals surface area contributed by atoms with E-state index in [0.29, 0.717) is 34.5 Å². The van der Waals surface area contributed by atoms with Crippen molar-refractivity contribution in [3.63, 3.8) is 0 Å². The number of aromatic nitrogens is 1. The zero-order chi connectivity index (χ0) is 21.5. The van der Waals surface area contributed by atoms with Gasteiger partial charge in [-0.3, -0.25) is 19.8 Å². The Morgan fingerprint density at radius 3 is 2.50 bits per heavy atom. The number of furan rings is 1. The minimum Gasteiger partial charge on any atom is -0.458 e. The van der Waals surface area contributed by atoms with Gasteiger partial charge in [0.1, 0.15) is 11.5 Å². The molecule has 3 rings (SSSR count). The second kappa shape index (κ2) is 10.2. The highest BCUT2D eigenvalue weighted by Gasteiger charge is 2.13. The summed E-state index contributed by atoms with van der Waals surface area (Å²) in [6, 6.07) is 11.2. The quantitative estimate of drug-likeness (QED) is 0.537. The van der Waals surface area contributed by atoms with Gasteiger partial charge in [0, 0.05) is 24.4 Å². The van der Waals surface area contributed by atoms with Crippen molar-refractivity contribution in [2.45, 2.75) is 33.9 Å². The summed E-state index contributed by atoms with van der Waals surface area (Å²) < 4.78 is 5.70. The predicted molar refractivity (Wildman–Crippen MR) is 118 cm³/mol. The third-order valence-electron chi connectivity index (χ3n) is 4.67. The molecule has 0 saturated heterocycles. The van der Waals surface area contributed by atoms with Gasteiger partial charge < -0.3 is 9.73 Å². The Balaban J connectivity index is 1.60. The van der Waals surface area contributed by atoms with Gasteiger partial charge in [-0.1, -0.05) is 26.0 Å². The summed E-state index contributed by atoms with van der Waals surface area (Å²) in [6.45, 7) is 8.92. The van der Waals surface area contributed by atoms with E-state index in [1.165, 1.54) is 23.8 Å². The number of hydrogen-bond acceptors (Lipinski definition) is 6. The van der Waals surface area contributed by atoms with Crippen molar-refractivity contribution < 1.29 is 14.0 Å². The standard InChI is InChI=1S/C22H26N4O3S/c1-4-26(5-2)13-16-6-8-17(9-7-16)21(28)25-22-24-19(14-30-22)20-11-10-18(29-20)12-23-15(3)27/h6-11,14H,4-5,12-13H2,1-3H3,(H,23,27)(H,24,25,28). The highest BCUT2D eigenvalue weighted by atomic mass is 32.1. The largest absolute Gasteiger partial charge is 0.458 e. The van der Waals surface area contributed by atoms with Gasteiger partial charge in [0.05, 0.1) is 6.54 Å². The second-order valence-electron chi connectivity index (χ2n) is 6.83. The molecule has 0 bridgehead atoms. The van der Waals surface area contributed by atoms with Gasteiger partial charge in [-0.05, 0) is 42.9 Å². The fourth-order valence-corrected chi connectivity index (χ4v) is 3.60.